The molecule has 0 radical (unpaired) electrons. The molecule has 0 aliphatic carbocycles. The van der Waals surface area contributed by atoms with E-state index < -0.39 is 0 Å². The van der Waals surface area contributed by atoms with Crippen LogP contribution in [0.5, 0.6) is 11.5 Å². The molecule has 0 unspecified atom stereocenters. The first-order chi connectivity index (χ1) is 11.8. The molecule has 0 N–H and O–H groups in total. The number of aryl methyl sites for hydroxylation is 1. The van der Waals surface area contributed by atoms with Crippen LogP contribution in [0.25, 0.3) is 11.0 Å². The van der Waals surface area contributed by atoms with E-state index in [2.05, 4.69) is 29.1 Å². The van der Waals surface area contributed by atoms with Crippen molar-refractivity contribution in [3.8, 4) is 11.5 Å². The smallest absolute Gasteiger partial charge is 0.161 e. The molecule has 1 heterocycles. The SMILES string of the molecule is C=CCc1ccc(OCc2nc3ccccc3n2CC)c(OC)c1. The highest BCUT2D eigenvalue weighted by Gasteiger charge is 2.11. The van der Waals surface area contributed by atoms with Gasteiger partial charge in [-0.05, 0) is 43.2 Å². The third kappa shape index (κ3) is 3.13. The number of rotatable bonds is 7. The summed E-state index contributed by atoms with van der Waals surface area (Å²) in [5.41, 5.74) is 3.27. The number of hydrogen-bond acceptors (Lipinski definition) is 3. The maximum atomic E-state index is 5.99. The summed E-state index contributed by atoms with van der Waals surface area (Å²) in [5, 5.41) is 0. The number of aromatic nitrogens is 2. The molecule has 0 amide bonds. The van der Waals surface area contributed by atoms with Gasteiger partial charge in [0.2, 0.25) is 0 Å². The minimum absolute atomic E-state index is 0.402. The third-order valence-corrected chi connectivity index (χ3v) is 4.01. The van der Waals surface area contributed by atoms with Gasteiger partial charge in [-0.2, -0.15) is 0 Å². The van der Waals surface area contributed by atoms with Crippen molar-refractivity contribution in [2.75, 3.05) is 7.11 Å². The van der Waals surface area contributed by atoms with E-state index in [1.165, 1.54) is 0 Å². The van der Waals surface area contributed by atoms with Crippen molar-refractivity contribution in [3.63, 3.8) is 0 Å². The quantitative estimate of drug-likeness (QED) is 0.606. The molecular formula is C20H22N2O2. The summed E-state index contributed by atoms with van der Waals surface area (Å²) in [6.45, 7) is 7.14. The number of para-hydroxylation sites is 2. The average Bonchev–Trinajstić information content (AvgIpc) is 2.98. The summed E-state index contributed by atoms with van der Waals surface area (Å²) in [6.07, 6.45) is 2.68. The zero-order chi connectivity index (χ0) is 16.9. The van der Waals surface area contributed by atoms with Crippen LogP contribution in [0.1, 0.15) is 18.3 Å². The van der Waals surface area contributed by atoms with Crippen molar-refractivity contribution in [1.29, 1.82) is 0 Å². The van der Waals surface area contributed by atoms with Gasteiger partial charge in [0.1, 0.15) is 12.4 Å². The van der Waals surface area contributed by atoms with Crippen molar-refractivity contribution in [1.82, 2.24) is 9.55 Å². The molecule has 124 valence electrons. The Morgan fingerprint density at radius 3 is 2.75 bits per heavy atom. The van der Waals surface area contributed by atoms with Gasteiger partial charge in [-0.25, -0.2) is 4.98 Å². The Labute approximate surface area is 142 Å². The fraction of sp³-hybridized carbons (Fsp3) is 0.250. The highest BCUT2D eigenvalue weighted by Crippen LogP contribution is 2.29. The minimum atomic E-state index is 0.402. The molecule has 3 rings (SSSR count). The Kier molecular flexibility index (Phi) is 4.85. The van der Waals surface area contributed by atoms with Crippen molar-refractivity contribution in [3.05, 3.63) is 66.5 Å². The number of imidazole rings is 1. The highest BCUT2D eigenvalue weighted by molar-refractivity contribution is 5.75. The summed E-state index contributed by atoms with van der Waals surface area (Å²) < 4.78 is 13.6. The van der Waals surface area contributed by atoms with Crippen LogP contribution in [0.15, 0.2) is 55.1 Å². The molecule has 24 heavy (non-hydrogen) atoms. The van der Waals surface area contributed by atoms with Gasteiger partial charge in [0.25, 0.3) is 0 Å². The summed E-state index contributed by atoms with van der Waals surface area (Å²) in [4.78, 5) is 4.68. The van der Waals surface area contributed by atoms with Gasteiger partial charge < -0.3 is 14.0 Å². The van der Waals surface area contributed by atoms with E-state index in [1.807, 2.05) is 42.5 Å². The Morgan fingerprint density at radius 1 is 1.17 bits per heavy atom. The topological polar surface area (TPSA) is 36.3 Å². The Balaban J connectivity index is 1.84. The van der Waals surface area contributed by atoms with Gasteiger partial charge in [-0.1, -0.05) is 24.3 Å². The minimum Gasteiger partial charge on any atom is -0.493 e. The number of ether oxygens (including phenoxy) is 2. The summed E-state index contributed by atoms with van der Waals surface area (Å²) in [7, 11) is 1.65. The Morgan fingerprint density at radius 2 is 2.00 bits per heavy atom. The standard InChI is InChI=1S/C20H22N2O2/c1-4-8-15-11-12-18(19(13-15)23-3)24-14-20-21-16-9-6-7-10-17(16)22(20)5-2/h4,6-7,9-13H,1,5,8,14H2,2-3H3. The zero-order valence-electron chi connectivity index (χ0n) is 14.2. The summed E-state index contributed by atoms with van der Waals surface area (Å²) in [6, 6.07) is 14.1. The summed E-state index contributed by atoms with van der Waals surface area (Å²) in [5.74, 6) is 2.37. The van der Waals surface area contributed by atoms with Crippen LogP contribution in [0, 0.1) is 0 Å². The molecule has 4 nitrogen and oxygen atoms in total. The number of nitrogens with zero attached hydrogens (tertiary/aromatic N) is 2. The lowest BCUT2D eigenvalue weighted by Crippen LogP contribution is -2.06. The molecular weight excluding hydrogens is 300 g/mol. The van der Waals surface area contributed by atoms with Crippen LogP contribution in [-0.2, 0) is 19.6 Å². The van der Waals surface area contributed by atoms with Crippen LogP contribution in [0.2, 0.25) is 0 Å². The van der Waals surface area contributed by atoms with E-state index >= 15 is 0 Å². The van der Waals surface area contributed by atoms with Crippen molar-refractivity contribution in [2.45, 2.75) is 26.5 Å². The van der Waals surface area contributed by atoms with Gasteiger partial charge >= 0.3 is 0 Å². The van der Waals surface area contributed by atoms with Crippen LogP contribution in [-0.4, -0.2) is 16.7 Å². The molecule has 0 bridgehead atoms. The molecule has 1 aromatic heterocycles. The first-order valence-corrected chi connectivity index (χ1v) is 8.11. The Hall–Kier alpha value is -2.75. The first-order valence-electron chi connectivity index (χ1n) is 8.11. The van der Waals surface area contributed by atoms with Crippen LogP contribution >= 0.6 is 0 Å². The summed E-state index contributed by atoms with van der Waals surface area (Å²) >= 11 is 0. The number of benzene rings is 2. The normalized spacial score (nSPS) is 10.8. The van der Waals surface area contributed by atoms with Crippen molar-refractivity contribution in [2.24, 2.45) is 0 Å². The molecule has 2 aromatic carbocycles. The maximum absolute atomic E-state index is 5.99. The fourth-order valence-electron chi connectivity index (χ4n) is 2.86. The lowest BCUT2D eigenvalue weighted by Gasteiger charge is -2.12. The predicted molar refractivity (Wildman–Crippen MR) is 96.6 cm³/mol. The molecule has 0 atom stereocenters. The average molecular weight is 322 g/mol. The van der Waals surface area contributed by atoms with Gasteiger partial charge in [-0.15, -0.1) is 6.58 Å². The molecule has 0 fully saturated rings. The van der Waals surface area contributed by atoms with Gasteiger partial charge in [0, 0.05) is 6.54 Å². The molecule has 0 spiro atoms. The highest BCUT2D eigenvalue weighted by atomic mass is 16.5. The van der Waals surface area contributed by atoms with E-state index in [4.69, 9.17) is 9.47 Å². The van der Waals surface area contributed by atoms with Gasteiger partial charge in [0.15, 0.2) is 11.5 Å². The van der Waals surface area contributed by atoms with Gasteiger partial charge in [0.05, 0.1) is 18.1 Å². The lowest BCUT2D eigenvalue weighted by molar-refractivity contribution is 0.272. The molecule has 0 saturated carbocycles. The first kappa shape index (κ1) is 16.1. The number of fused-ring (bicyclic) bond motifs is 1. The van der Waals surface area contributed by atoms with Crippen LogP contribution < -0.4 is 9.47 Å². The van der Waals surface area contributed by atoms with Crippen LogP contribution in [0.4, 0.5) is 0 Å². The molecule has 0 aliphatic heterocycles. The number of hydrogen-bond donors (Lipinski definition) is 0. The predicted octanol–water partition coefficient (Wildman–Crippen LogP) is 4.37. The second-order valence-corrected chi connectivity index (χ2v) is 5.53. The molecule has 0 aliphatic rings. The molecule has 3 aromatic rings. The molecule has 0 saturated heterocycles. The van der Waals surface area contributed by atoms with E-state index in [0.29, 0.717) is 6.61 Å². The fourth-order valence-corrected chi connectivity index (χ4v) is 2.86. The Bertz CT molecular complexity index is 852. The maximum Gasteiger partial charge on any atom is 0.161 e. The van der Waals surface area contributed by atoms with E-state index in [9.17, 15) is 0 Å². The second-order valence-electron chi connectivity index (χ2n) is 5.53. The largest absolute Gasteiger partial charge is 0.493 e. The van der Waals surface area contributed by atoms with Crippen molar-refractivity contribution >= 4 is 11.0 Å². The molecule has 4 heteroatoms. The van der Waals surface area contributed by atoms with E-state index in [1.54, 1.807) is 7.11 Å². The van der Waals surface area contributed by atoms with Crippen molar-refractivity contribution < 1.29 is 9.47 Å². The number of allylic oxidation sites excluding steroid dienone is 1. The monoisotopic (exact) mass is 322 g/mol. The van der Waals surface area contributed by atoms with Gasteiger partial charge in [-0.3, -0.25) is 0 Å². The zero-order valence-corrected chi connectivity index (χ0v) is 14.2. The number of methoxy groups -OCH3 is 1. The van der Waals surface area contributed by atoms with E-state index in [-0.39, 0.29) is 0 Å². The third-order valence-electron chi connectivity index (χ3n) is 4.01. The lowest BCUT2D eigenvalue weighted by atomic mass is 10.1. The van der Waals surface area contributed by atoms with E-state index in [0.717, 1.165) is 46.9 Å². The van der Waals surface area contributed by atoms with Crippen LogP contribution in [0.3, 0.4) is 0 Å². The second kappa shape index (κ2) is 7.21.